The SMILES string of the molecule is COc1ccc(-n2c(C)nnc2SCC(=O)N(CCc2ccccc2)Cc2ccccc2)cc1. The Hall–Kier alpha value is -3.58. The number of amides is 1. The van der Waals surface area contributed by atoms with E-state index < -0.39 is 0 Å². The molecule has 3 aromatic carbocycles. The van der Waals surface area contributed by atoms with E-state index in [4.69, 9.17) is 4.74 Å². The van der Waals surface area contributed by atoms with E-state index in [0.29, 0.717) is 18.2 Å². The van der Waals surface area contributed by atoms with Crippen LogP contribution in [0.5, 0.6) is 5.75 Å². The van der Waals surface area contributed by atoms with Crippen LogP contribution in [0.4, 0.5) is 0 Å². The number of carbonyl (C=O) groups excluding carboxylic acids is 1. The lowest BCUT2D eigenvalue weighted by Crippen LogP contribution is -2.34. The molecular formula is C27H28N4O2S. The monoisotopic (exact) mass is 472 g/mol. The molecule has 0 spiro atoms. The molecule has 0 saturated heterocycles. The fourth-order valence-corrected chi connectivity index (χ4v) is 4.59. The number of hydrogen-bond donors (Lipinski definition) is 0. The maximum absolute atomic E-state index is 13.3. The molecule has 0 N–H and O–H groups in total. The van der Waals surface area contributed by atoms with Gasteiger partial charge in [-0.3, -0.25) is 9.36 Å². The van der Waals surface area contributed by atoms with E-state index >= 15 is 0 Å². The average Bonchev–Trinajstić information content (AvgIpc) is 3.26. The van der Waals surface area contributed by atoms with E-state index in [9.17, 15) is 4.79 Å². The van der Waals surface area contributed by atoms with Crippen molar-refractivity contribution in [3.63, 3.8) is 0 Å². The van der Waals surface area contributed by atoms with Crippen molar-refractivity contribution in [3.8, 4) is 11.4 Å². The molecular weight excluding hydrogens is 444 g/mol. The number of ether oxygens (including phenoxy) is 1. The Labute approximate surface area is 204 Å². The van der Waals surface area contributed by atoms with E-state index in [0.717, 1.165) is 29.2 Å². The van der Waals surface area contributed by atoms with Crippen molar-refractivity contribution >= 4 is 17.7 Å². The standard InChI is InChI=1S/C27H28N4O2S/c1-21-28-29-27(31(21)24-13-15-25(33-2)16-14-24)34-20-26(32)30(19-23-11-7-4-8-12-23)18-17-22-9-5-3-6-10-22/h3-16H,17-20H2,1-2H3. The average molecular weight is 473 g/mol. The summed E-state index contributed by atoms with van der Waals surface area (Å²) in [4.78, 5) is 15.2. The van der Waals surface area contributed by atoms with E-state index in [-0.39, 0.29) is 11.7 Å². The largest absolute Gasteiger partial charge is 0.497 e. The first-order chi connectivity index (χ1) is 16.6. The Morgan fingerprint density at radius 2 is 1.56 bits per heavy atom. The number of rotatable bonds is 10. The third kappa shape index (κ3) is 6.05. The molecule has 0 unspecified atom stereocenters. The normalized spacial score (nSPS) is 10.8. The van der Waals surface area contributed by atoms with Crippen LogP contribution in [0.1, 0.15) is 17.0 Å². The van der Waals surface area contributed by atoms with Gasteiger partial charge in [0.1, 0.15) is 11.6 Å². The molecule has 174 valence electrons. The predicted octanol–water partition coefficient (Wildman–Crippen LogP) is 4.95. The molecule has 0 aliphatic rings. The summed E-state index contributed by atoms with van der Waals surface area (Å²) in [7, 11) is 1.64. The molecule has 34 heavy (non-hydrogen) atoms. The first kappa shape index (κ1) is 23.6. The molecule has 0 saturated carbocycles. The molecule has 0 aliphatic carbocycles. The summed E-state index contributed by atoms with van der Waals surface area (Å²) in [6.07, 6.45) is 0.811. The van der Waals surface area contributed by atoms with Gasteiger partial charge >= 0.3 is 0 Å². The minimum Gasteiger partial charge on any atom is -0.497 e. The highest BCUT2D eigenvalue weighted by Gasteiger charge is 2.18. The molecule has 6 nitrogen and oxygen atoms in total. The van der Waals surface area contributed by atoms with Crippen molar-refractivity contribution in [1.29, 1.82) is 0 Å². The van der Waals surface area contributed by atoms with Crippen LogP contribution in [0.3, 0.4) is 0 Å². The van der Waals surface area contributed by atoms with Crippen LogP contribution < -0.4 is 4.74 Å². The van der Waals surface area contributed by atoms with E-state index in [1.807, 2.05) is 77.1 Å². The van der Waals surface area contributed by atoms with E-state index in [2.05, 4.69) is 34.5 Å². The quantitative estimate of drug-likeness (QED) is 0.306. The van der Waals surface area contributed by atoms with Gasteiger partial charge in [0.05, 0.1) is 12.9 Å². The van der Waals surface area contributed by atoms with Crippen LogP contribution in [-0.4, -0.2) is 45.0 Å². The van der Waals surface area contributed by atoms with Gasteiger partial charge in [-0.05, 0) is 48.7 Å². The lowest BCUT2D eigenvalue weighted by molar-refractivity contribution is -0.128. The van der Waals surface area contributed by atoms with Crippen LogP contribution >= 0.6 is 11.8 Å². The van der Waals surface area contributed by atoms with Gasteiger partial charge in [-0.2, -0.15) is 0 Å². The summed E-state index contributed by atoms with van der Waals surface area (Å²) in [6, 6.07) is 28.1. The zero-order valence-electron chi connectivity index (χ0n) is 19.4. The van der Waals surface area contributed by atoms with Crippen molar-refractivity contribution < 1.29 is 9.53 Å². The summed E-state index contributed by atoms with van der Waals surface area (Å²) in [5.74, 6) is 1.92. The predicted molar refractivity (Wildman–Crippen MR) is 135 cm³/mol. The van der Waals surface area contributed by atoms with Gasteiger partial charge in [0, 0.05) is 18.8 Å². The first-order valence-corrected chi connectivity index (χ1v) is 12.2. The summed E-state index contributed by atoms with van der Waals surface area (Å²) in [5, 5.41) is 9.25. The number of methoxy groups -OCH3 is 1. The second-order valence-corrected chi connectivity index (χ2v) is 8.83. The maximum Gasteiger partial charge on any atom is 0.233 e. The van der Waals surface area contributed by atoms with Gasteiger partial charge in [0.25, 0.3) is 0 Å². The first-order valence-electron chi connectivity index (χ1n) is 11.2. The summed E-state index contributed by atoms with van der Waals surface area (Å²) in [5.41, 5.74) is 3.27. The third-order valence-electron chi connectivity index (χ3n) is 5.53. The van der Waals surface area contributed by atoms with Crippen LogP contribution in [-0.2, 0) is 17.8 Å². The van der Waals surface area contributed by atoms with E-state index in [1.54, 1.807) is 7.11 Å². The zero-order chi connectivity index (χ0) is 23.8. The molecule has 7 heteroatoms. The van der Waals surface area contributed by atoms with Crippen molar-refractivity contribution in [1.82, 2.24) is 19.7 Å². The molecule has 4 rings (SSSR count). The van der Waals surface area contributed by atoms with Crippen molar-refractivity contribution in [2.24, 2.45) is 0 Å². The highest BCUT2D eigenvalue weighted by molar-refractivity contribution is 7.99. The summed E-state index contributed by atoms with van der Waals surface area (Å²) < 4.78 is 7.22. The molecule has 0 bridgehead atoms. The highest BCUT2D eigenvalue weighted by Crippen LogP contribution is 2.24. The lowest BCUT2D eigenvalue weighted by Gasteiger charge is -2.23. The third-order valence-corrected chi connectivity index (χ3v) is 6.45. The van der Waals surface area contributed by atoms with Gasteiger partial charge in [-0.25, -0.2) is 0 Å². The van der Waals surface area contributed by atoms with Gasteiger partial charge < -0.3 is 9.64 Å². The van der Waals surface area contributed by atoms with Gasteiger partial charge in [0.2, 0.25) is 5.91 Å². The van der Waals surface area contributed by atoms with Crippen LogP contribution in [0, 0.1) is 6.92 Å². The number of nitrogens with zero attached hydrogens (tertiary/aromatic N) is 4. The Balaban J connectivity index is 1.47. The number of aryl methyl sites for hydroxylation is 1. The molecule has 1 amide bonds. The Morgan fingerprint density at radius 3 is 2.21 bits per heavy atom. The summed E-state index contributed by atoms with van der Waals surface area (Å²) >= 11 is 1.41. The van der Waals surface area contributed by atoms with Gasteiger partial charge in [0.15, 0.2) is 5.16 Å². The molecule has 0 atom stereocenters. The van der Waals surface area contributed by atoms with E-state index in [1.165, 1.54) is 17.3 Å². The fraction of sp³-hybridized carbons (Fsp3) is 0.222. The zero-order valence-corrected chi connectivity index (χ0v) is 20.2. The highest BCUT2D eigenvalue weighted by atomic mass is 32.2. The molecule has 1 heterocycles. The second kappa shape index (κ2) is 11.5. The topological polar surface area (TPSA) is 60.2 Å². The van der Waals surface area contributed by atoms with Crippen LogP contribution in [0.25, 0.3) is 5.69 Å². The number of benzene rings is 3. The maximum atomic E-state index is 13.3. The van der Waals surface area contributed by atoms with Crippen LogP contribution in [0.15, 0.2) is 90.1 Å². The Bertz CT molecular complexity index is 1190. The molecule has 1 aromatic heterocycles. The van der Waals surface area contributed by atoms with Gasteiger partial charge in [-0.1, -0.05) is 72.4 Å². The van der Waals surface area contributed by atoms with Crippen molar-refractivity contribution in [2.45, 2.75) is 25.0 Å². The number of hydrogen-bond acceptors (Lipinski definition) is 5. The van der Waals surface area contributed by atoms with Crippen molar-refractivity contribution in [3.05, 3.63) is 102 Å². The second-order valence-electron chi connectivity index (χ2n) is 7.89. The number of thioether (sulfide) groups is 1. The Morgan fingerprint density at radius 1 is 0.912 bits per heavy atom. The summed E-state index contributed by atoms with van der Waals surface area (Å²) in [6.45, 7) is 3.14. The lowest BCUT2D eigenvalue weighted by atomic mass is 10.1. The smallest absolute Gasteiger partial charge is 0.233 e. The molecule has 0 radical (unpaired) electrons. The minimum absolute atomic E-state index is 0.0757. The fourth-order valence-electron chi connectivity index (χ4n) is 3.69. The van der Waals surface area contributed by atoms with Crippen molar-refractivity contribution in [2.75, 3.05) is 19.4 Å². The Kier molecular flexibility index (Phi) is 7.99. The molecule has 4 aromatic rings. The molecule has 0 fully saturated rings. The van der Waals surface area contributed by atoms with Gasteiger partial charge in [-0.15, -0.1) is 10.2 Å². The number of aromatic nitrogens is 3. The minimum atomic E-state index is 0.0757. The van der Waals surface area contributed by atoms with Crippen LogP contribution in [0.2, 0.25) is 0 Å². The number of carbonyl (C=O) groups is 1. The molecule has 0 aliphatic heterocycles.